The van der Waals surface area contributed by atoms with Gasteiger partial charge in [-0.05, 0) is 24.3 Å². The van der Waals surface area contributed by atoms with Crippen LogP contribution in [0.4, 0.5) is 11.4 Å². The highest BCUT2D eigenvalue weighted by Gasteiger charge is 2.11. The monoisotopic (exact) mass is 289 g/mol. The van der Waals surface area contributed by atoms with Crippen LogP contribution in [0, 0.1) is 0 Å². The molecule has 0 spiro atoms. The van der Waals surface area contributed by atoms with E-state index >= 15 is 0 Å². The van der Waals surface area contributed by atoms with E-state index in [1.807, 2.05) is 36.4 Å². The lowest BCUT2D eigenvalue weighted by molar-refractivity contribution is 0.286. The molecule has 0 atom stereocenters. The van der Waals surface area contributed by atoms with Gasteiger partial charge in [-0.3, -0.25) is 0 Å². The molecule has 0 aliphatic carbocycles. The fourth-order valence-electron chi connectivity index (χ4n) is 2.06. The van der Waals surface area contributed by atoms with Crippen LogP contribution < -0.4 is 5.32 Å². The highest BCUT2D eigenvalue weighted by atomic mass is 35.5. The third-order valence-electron chi connectivity index (χ3n) is 2.91. The summed E-state index contributed by atoms with van der Waals surface area (Å²) in [6.45, 7) is 0.0300. The number of thiophene rings is 1. The average Bonchev–Trinajstić information content (AvgIpc) is 2.77. The van der Waals surface area contributed by atoms with Crippen LogP contribution in [0.1, 0.15) is 4.88 Å². The predicted molar refractivity (Wildman–Crippen MR) is 82.5 cm³/mol. The maximum atomic E-state index is 9.50. The summed E-state index contributed by atoms with van der Waals surface area (Å²) in [4.78, 5) is 0.932. The van der Waals surface area contributed by atoms with Crippen molar-refractivity contribution in [2.45, 2.75) is 6.61 Å². The largest absolute Gasteiger partial charge is 0.391 e. The highest BCUT2D eigenvalue weighted by molar-refractivity contribution is 7.19. The first-order chi connectivity index (χ1) is 9.28. The summed E-state index contributed by atoms with van der Waals surface area (Å²) in [6, 6.07) is 15.7. The number of hydrogen-bond donors (Lipinski definition) is 2. The van der Waals surface area contributed by atoms with E-state index in [9.17, 15) is 5.11 Å². The SMILES string of the molecule is OCc1sc2ccccc2c1Nc1cccc(Cl)c1. The van der Waals surface area contributed by atoms with Crippen LogP contribution in [0.2, 0.25) is 5.02 Å². The molecule has 2 aromatic carbocycles. The second kappa shape index (κ2) is 5.21. The number of aliphatic hydroxyl groups is 1. The van der Waals surface area contributed by atoms with Crippen LogP contribution in [0.15, 0.2) is 48.5 Å². The molecular weight excluding hydrogens is 278 g/mol. The van der Waals surface area contributed by atoms with Gasteiger partial charge in [0.25, 0.3) is 0 Å². The standard InChI is InChI=1S/C15H12ClNOS/c16-10-4-3-5-11(8-10)17-15-12-6-1-2-7-13(12)19-14(15)9-18/h1-8,17-18H,9H2. The average molecular weight is 290 g/mol. The number of anilines is 2. The minimum Gasteiger partial charge on any atom is -0.391 e. The zero-order valence-corrected chi connectivity index (χ0v) is 11.6. The Bertz CT molecular complexity index is 723. The number of rotatable bonds is 3. The third kappa shape index (κ3) is 2.45. The number of nitrogens with one attached hydrogen (secondary N) is 1. The summed E-state index contributed by atoms with van der Waals surface area (Å²) in [5.41, 5.74) is 1.89. The van der Waals surface area contributed by atoms with Crippen LogP contribution in [0.25, 0.3) is 10.1 Å². The molecule has 0 amide bonds. The van der Waals surface area contributed by atoms with Gasteiger partial charge in [0.05, 0.1) is 17.2 Å². The summed E-state index contributed by atoms with van der Waals surface area (Å²) in [6.07, 6.45) is 0. The number of hydrogen-bond acceptors (Lipinski definition) is 3. The summed E-state index contributed by atoms with van der Waals surface area (Å²) in [5, 5.41) is 14.7. The Hall–Kier alpha value is -1.55. The Morgan fingerprint density at radius 1 is 1.11 bits per heavy atom. The van der Waals surface area contributed by atoms with Gasteiger partial charge in [-0.1, -0.05) is 35.9 Å². The minimum absolute atomic E-state index is 0.0300. The van der Waals surface area contributed by atoms with E-state index in [2.05, 4.69) is 17.4 Å². The normalized spacial score (nSPS) is 10.8. The van der Waals surface area contributed by atoms with Gasteiger partial charge in [0.2, 0.25) is 0 Å². The molecule has 2 nitrogen and oxygen atoms in total. The molecule has 0 aliphatic rings. The lowest BCUT2D eigenvalue weighted by atomic mass is 10.2. The van der Waals surface area contributed by atoms with Crippen LogP contribution in [-0.4, -0.2) is 5.11 Å². The minimum atomic E-state index is 0.0300. The summed E-state index contributed by atoms with van der Waals surface area (Å²) in [5.74, 6) is 0. The molecule has 0 saturated carbocycles. The van der Waals surface area contributed by atoms with Crippen LogP contribution in [0.5, 0.6) is 0 Å². The molecule has 0 aliphatic heterocycles. The number of aliphatic hydroxyl groups excluding tert-OH is 1. The summed E-state index contributed by atoms with van der Waals surface area (Å²) >= 11 is 7.59. The van der Waals surface area contributed by atoms with Gasteiger partial charge in [-0.25, -0.2) is 0 Å². The Morgan fingerprint density at radius 3 is 2.74 bits per heavy atom. The number of benzene rings is 2. The first-order valence-electron chi connectivity index (χ1n) is 5.92. The lowest BCUT2D eigenvalue weighted by Crippen LogP contribution is -1.92. The fraction of sp³-hybridized carbons (Fsp3) is 0.0667. The van der Waals surface area contributed by atoms with E-state index in [1.54, 1.807) is 11.3 Å². The van der Waals surface area contributed by atoms with Crippen molar-refractivity contribution in [1.29, 1.82) is 0 Å². The molecule has 0 saturated heterocycles. The molecule has 0 unspecified atom stereocenters. The van der Waals surface area contributed by atoms with E-state index in [0.29, 0.717) is 5.02 Å². The zero-order chi connectivity index (χ0) is 13.2. The molecule has 1 aromatic heterocycles. The van der Waals surface area contributed by atoms with Gasteiger partial charge in [0.15, 0.2) is 0 Å². The summed E-state index contributed by atoms with van der Waals surface area (Å²) < 4.78 is 1.16. The molecule has 0 bridgehead atoms. The fourth-order valence-corrected chi connectivity index (χ4v) is 3.27. The van der Waals surface area contributed by atoms with Gasteiger partial charge in [-0.2, -0.15) is 0 Å². The van der Waals surface area contributed by atoms with Crippen molar-refractivity contribution in [3.8, 4) is 0 Å². The van der Waals surface area contributed by atoms with Crippen LogP contribution in [-0.2, 0) is 6.61 Å². The lowest BCUT2D eigenvalue weighted by Gasteiger charge is -2.07. The molecule has 4 heteroatoms. The second-order valence-electron chi connectivity index (χ2n) is 4.19. The molecule has 3 rings (SSSR count). The maximum Gasteiger partial charge on any atom is 0.0795 e. The van der Waals surface area contributed by atoms with Gasteiger partial charge in [0, 0.05) is 20.8 Å². The van der Waals surface area contributed by atoms with Gasteiger partial charge in [0.1, 0.15) is 0 Å². The van der Waals surface area contributed by atoms with Gasteiger partial charge >= 0.3 is 0 Å². The Labute approximate surface area is 120 Å². The van der Waals surface area contributed by atoms with E-state index in [-0.39, 0.29) is 6.61 Å². The molecule has 1 heterocycles. The molecule has 0 radical (unpaired) electrons. The topological polar surface area (TPSA) is 32.3 Å². The smallest absolute Gasteiger partial charge is 0.0795 e. The molecule has 0 fully saturated rings. The van der Waals surface area contributed by atoms with Crippen molar-refractivity contribution >= 4 is 44.4 Å². The maximum absolute atomic E-state index is 9.50. The van der Waals surface area contributed by atoms with E-state index < -0.39 is 0 Å². The highest BCUT2D eigenvalue weighted by Crippen LogP contribution is 2.37. The van der Waals surface area contributed by atoms with Crippen molar-refractivity contribution in [2.24, 2.45) is 0 Å². The van der Waals surface area contributed by atoms with Crippen molar-refractivity contribution in [2.75, 3.05) is 5.32 Å². The van der Waals surface area contributed by atoms with E-state index in [4.69, 9.17) is 11.6 Å². The van der Waals surface area contributed by atoms with Crippen molar-refractivity contribution < 1.29 is 5.11 Å². The summed E-state index contributed by atoms with van der Waals surface area (Å²) in [7, 11) is 0. The Balaban J connectivity index is 2.08. The van der Waals surface area contributed by atoms with Gasteiger partial charge in [-0.15, -0.1) is 11.3 Å². The molecule has 19 heavy (non-hydrogen) atoms. The number of fused-ring (bicyclic) bond motifs is 1. The Morgan fingerprint density at radius 2 is 1.95 bits per heavy atom. The van der Waals surface area contributed by atoms with Crippen molar-refractivity contribution in [3.63, 3.8) is 0 Å². The molecular formula is C15H12ClNOS. The number of halogens is 1. The first kappa shape index (κ1) is 12.5. The Kier molecular flexibility index (Phi) is 3.42. The molecule has 3 aromatic rings. The van der Waals surface area contributed by atoms with Gasteiger partial charge < -0.3 is 10.4 Å². The van der Waals surface area contributed by atoms with E-state index in [0.717, 1.165) is 26.3 Å². The van der Waals surface area contributed by atoms with Crippen LogP contribution >= 0.6 is 22.9 Å². The van der Waals surface area contributed by atoms with Crippen LogP contribution in [0.3, 0.4) is 0 Å². The molecule has 2 N–H and O–H groups in total. The van der Waals surface area contributed by atoms with Crippen molar-refractivity contribution in [1.82, 2.24) is 0 Å². The second-order valence-corrected chi connectivity index (χ2v) is 5.76. The zero-order valence-electron chi connectivity index (χ0n) is 10.1. The first-order valence-corrected chi connectivity index (χ1v) is 7.11. The quantitative estimate of drug-likeness (QED) is 0.726. The van der Waals surface area contributed by atoms with E-state index in [1.165, 1.54) is 0 Å². The third-order valence-corrected chi connectivity index (χ3v) is 4.30. The predicted octanol–water partition coefficient (Wildman–Crippen LogP) is 4.79. The molecule has 96 valence electrons. The van der Waals surface area contributed by atoms with Crippen molar-refractivity contribution in [3.05, 3.63) is 58.4 Å².